The fourth-order valence-electron chi connectivity index (χ4n) is 2.23. The molecule has 0 saturated heterocycles. The van der Waals surface area contributed by atoms with Crippen molar-refractivity contribution in [3.8, 4) is 5.69 Å². The molecule has 2 aliphatic carbocycles. The molecule has 1 aromatic carbocycles. The van der Waals surface area contributed by atoms with Crippen LogP contribution in [0.4, 0.5) is 5.95 Å². The van der Waals surface area contributed by atoms with Crippen LogP contribution in [-0.4, -0.2) is 14.5 Å². The van der Waals surface area contributed by atoms with Gasteiger partial charge in [0.25, 0.3) is 0 Å². The Morgan fingerprint density at radius 3 is 2.35 bits per heavy atom. The van der Waals surface area contributed by atoms with Crippen LogP contribution in [0.5, 0.6) is 0 Å². The maximum atomic E-state index is 11.6. The zero-order valence-corrected chi connectivity index (χ0v) is 12.9. The molecule has 0 saturated carbocycles. The predicted molar refractivity (Wildman–Crippen MR) is 90.4 cm³/mol. The number of rotatable bonds is 2. The predicted octanol–water partition coefficient (Wildman–Crippen LogP) is 2.38. The third-order valence-electron chi connectivity index (χ3n) is 3.38. The maximum absolute atomic E-state index is 11.6. The number of fused-ring (bicyclic) bond motifs is 2. The Morgan fingerprint density at radius 2 is 1.87 bits per heavy atom. The average molecular weight is 328 g/mol. The topological polar surface area (TPSA) is 85.8 Å². The minimum atomic E-state index is -0.504. The Morgan fingerprint density at radius 1 is 1.17 bits per heavy atom. The molecule has 7 heteroatoms. The molecular weight excluding hydrogens is 314 g/mol. The van der Waals surface area contributed by atoms with Gasteiger partial charge in [-0.15, -0.1) is 0 Å². The van der Waals surface area contributed by atoms with Gasteiger partial charge in [-0.05, 0) is 29.7 Å². The second kappa shape index (κ2) is 6.60. The lowest BCUT2D eigenvalue weighted by atomic mass is 10.3. The van der Waals surface area contributed by atoms with Gasteiger partial charge in [-0.1, -0.05) is 48.0 Å². The standard InChI is InChI=1S/C9H8ClN5O.C7H6/c10-6-3-1-2-4-7(6)15-5-12-8(14-11)13-9(15)16;1-2-7-4-3-6(1)5-7/h1-5H,11H2,(H,13,14,16);1-4H,5H2. The number of hydrogen-bond acceptors (Lipinski definition) is 5. The van der Waals surface area contributed by atoms with E-state index < -0.39 is 5.69 Å². The van der Waals surface area contributed by atoms with Gasteiger partial charge in [0.05, 0.1) is 10.7 Å². The summed E-state index contributed by atoms with van der Waals surface area (Å²) in [6.07, 6.45) is 11.2. The van der Waals surface area contributed by atoms with Gasteiger partial charge < -0.3 is 0 Å². The highest BCUT2D eigenvalue weighted by Gasteiger charge is 2.08. The van der Waals surface area contributed by atoms with Gasteiger partial charge in [-0.2, -0.15) is 4.98 Å². The second-order valence-electron chi connectivity index (χ2n) is 4.92. The van der Waals surface area contributed by atoms with Crippen LogP contribution in [-0.2, 0) is 0 Å². The quantitative estimate of drug-likeness (QED) is 0.653. The smallest absolute Gasteiger partial charge is 0.292 e. The minimum Gasteiger partial charge on any atom is -0.292 e. The minimum absolute atomic E-state index is 0.0632. The summed E-state index contributed by atoms with van der Waals surface area (Å²) < 4.78 is 1.24. The molecule has 0 fully saturated rings. The Bertz CT molecular complexity index is 862. The van der Waals surface area contributed by atoms with E-state index >= 15 is 0 Å². The lowest BCUT2D eigenvalue weighted by Gasteiger charge is -2.06. The monoisotopic (exact) mass is 327 g/mol. The molecule has 0 spiro atoms. The van der Waals surface area contributed by atoms with Crippen molar-refractivity contribution >= 4 is 17.5 Å². The number of aromatic nitrogens is 3. The van der Waals surface area contributed by atoms with Crippen molar-refractivity contribution in [3.63, 3.8) is 0 Å². The fraction of sp³-hybridized carbons (Fsp3) is 0.0625. The van der Waals surface area contributed by atoms with E-state index in [0.717, 1.165) is 0 Å². The van der Waals surface area contributed by atoms with Crippen LogP contribution in [0, 0.1) is 0 Å². The molecule has 0 radical (unpaired) electrons. The van der Waals surface area contributed by atoms with Crippen LogP contribution >= 0.6 is 11.6 Å². The van der Waals surface area contributed by atoms with Gasteiger partial charge in [0, 0.05) is 0 Å². The maximum Gasteiger partial charge on any atom is 0.356 e. The number of benzene rings is 1. The van der Waals surface area contributed by atoms with Gasteiger partial charge >= 0.3 is 5.69 Å². The molecule has 0 amide bonds. The van der Waals surface area contributed by atoms with Crippen LogP contribution in [0.25, 0.3) is 5.69 Å². The summed E-state index contributed by atoms with van der Waals surface area (Å²) in [7, 11) is 0. The SMILES string of the molecule is C1=CC2=CC=C1C2.NNc1ncn(-c2ccccc2Cl)c(=O)n1. The highest BCUT2D eigenvalue weighted by atomic mass is 35.5. The van der Waals surface area contributed by atoms with Crippen LogP contribution in [0.3, 0.4) is 0 Å². The molecule has 23 heavy (non-hydrogen) atoms. The van der Waals surface area contributed by atoms with Crippen molar-refractivity contribution in [2.75, 3.05) is 5.43 Å². The first kappa shape index (κ1) is 15.2. The average Bonchev–Trinajstić information content (AvgIpc) is 3.22. The van der Waals surface area contributed by atoms with E-state index in [0.29, 0.717) is 10.7 Å². The number of hydrogen-bond donors (Lipinski definition) is 2. The molecule has 2 bridgehead atoms. The Hall–Kier alpha value is -2.70. The summed E-state index contributed by atoms with van der Waals surface area (Å²) in [5, 5.41) is 0.446. The molecule has 4 rings (SSSR count). The van der Waals surface area contributed by atoms with Crippen molar-refractivity contribution < 1.29 is 0 Å². The van der Waals surface area contributed by atoms with Crippen molar-refractivity contribution in [2.24, 2.45) is 5.84 Å². The van der Waals surface area contributed by atoms with Crippen molar-refractivity contribution in [1.82, 2.24) is 14.5 Å². The Labute approximate surface area is 137 Å². The molecule has 1 heterocycles. The molecular formula is C16H14ClN5O. The number of allylic oxidation sites excluding steroid dienone is 6. The molecule has 3 N–H and O–H groups in total. The Kier molecular flexibility index (Phi) is 4.36. The van der Waals surface area contributed by atoms with Crippen LogP contribution < -0.4 is 17.0 Å². The fourth-order valence-corrected chi connectivity index (χ4v) is 2.45. The molecule has 6 nitrogen and oxygen atoms in total. The molecule has 1 aromatic heterocycles. The van der Waals surface area contributed by atoms with Gasteiger partial charge in [-0.3, -0.25) is 5.43 Å². The number of nitrogen functional groups attached to an aromatic ring is 1. The van der Waals surface area contributed by atoms with Gasteiger partial charge in [0.2, 0.25) is 5.95 Å². The summed E-state index contributed by atoms with van der Waals surface area (Å²) in [6, 6.07) is 6.91. The van der Waals surface area contributed by atoms with Crippen LogP contribution in [0.1, 0.15) is 6.42 Å². The van der Waals surface area contributed by atoms with E-state index in [-0.39, 0.29) is 5.95 Å². The number of hydrazine groups is 1. The summed E-state index contributed by atoms with van der Waals surface area (Å²) in [4.78, 5) is 19.1. The lowest BCUT2D eigenvalue weighted by Crippen LogP contribution is -2.25. The Balaban J connectivity index is 0.000000183. The van der Waals surface area contributed by atoms with E-state index in [9.17, 15) is 4.79 Å². The molecule has 2 aromatic rings. The number of nitrogens with zero attached hydrogens (tertiary/aromatic N) is 3. The van der Waals surface area contributed by atoms with Gasteiger partial charge in [-0.25, -0.2) is 20.2 Å². The van der Waals surface area contributed by atoms with E-state index in [1.165, 1.54) is 28.5 Å². The lowest BCUT2D eigenvalue weighted by molar-refractivity contribution is 0.859. The van der Waals surface area contributed by atoms with Crippen molar-refractivity contribution in [1.29, 1.82) is 0 Å². The van der Waals surface area contributed by atoms with E-state index in [2.05, 4.69) is 39.7 Å². The summed E-state index contributed by atoms with van der Waals surface area (Å²) >= 11 is 5.95. The number of para-hydroxylation sites is 1. The number of anilines is 1. The van der Waals surface area contributed by atoms with Crippen LogP contribution in [0.2, 0.25) is 5.02 Å². The largest absolute Gasteiger partial charge is 0.356 e. The van der Waals surface area contributed by atoms with Crippen molar-refractivity contribution in [2.45, 2.75) is 6.42 Å². The van der Waals surface area contributed by atoms with Gasteiger partial charge in [0.15, 0.2) is 0 Å². The molecule has 0 unspecified atom stereocenters. The molecule has 0 atom stereocenters. The first-order valence-electron chi connectivity index (χ1n) is 6.92. The summed E-state index contributed by atoms with van der Waals surface area (Å²) in [6.45, 7) is 0. The highest BCUT2D eigenvalue weighted by Crippen LogP contribution is 2.27. The third-order valence-corrected chi connectivity index (χ3v) is 3.70. The van der Waals surface area contributed by atoms with E-state index in [4.69, 9.17) is 17.4 Å². The zero-order chi connectivity index (χ0) is 16.2. The molecule has 0 aliphatic heterocycles. The van der Waals surface area contributed by atoms with Crippen LogP contribution in [0.15, 0.2) is 70.8 Å². The summed E-state index contributed by atoms with van der Waals surface area (Å²) in [5.41, 5.74) is 5.15. The molecule has 116 valence electrons. The zero-order valence-electron chi connectivity index (χ0n) is 12.1. The number of nitrogens with two attached hydrogens (primary N) is 1. The summed E-state index contributed by atoms with van der Waals surface area (Å²) in [5.74, 6) is 5.15. The normalized spacial score (nSPS) is 14.0. The first-order valence-corrected chi connectivity index (χ1v) is 7.30. The van der Waals surface area contributed by atoms with Gasteiger partial charge in [0.1, 0.15) is 6.33 Å². The first-order chi connectivity index (χ1) is 11.2. The number of nitrogens with one attached hydrogen (secondary N) is 1. The van der Waals surface area contributed by atoms with E-state index in [1.54, 1.807) is 24.3 Å². The second-order valence-corrected chi connectivity index (χ2v) is 5.33. The third kappa shape index (κ3) is 3.39. The number of halogens is 1. The molecule has 2 aliphatic rings. The van der Waals surface area contributed by atoms with E-state index in [1.807, 2.05) is 0 Å². The highest BCUT2D eigenvalue weighted by molar-refractivity contribution is 6.32. The van der Waals surface area contributed by atoms with Crippen molar-refractivity contribution in [3.05, 3.63) is 81.5 Å².